The molecular weight excluding hydrogens is 512 g/mol. The molecule has 3 aromatic rings. The molecule has 0 atom stereocenters. The number of rotatable bonds is 8. The Bertz CT molecular complexity index is 1320. The van der Waals surface area contributed by atoms with E-state index in [1.165, 1.54) is 16.4 Å². The molecule has 1 amide bonds. The van der Waals surface area contributed by atoms with Crippen molar-refractivity contribution in [1.29, 1.82) is 0 Å². The minimum Gasteiger partial charge on any atom is -0.382 e. The Morgan fingerprint density at radius 1 is 1.11 bits per heavy atom. The molecule has 12 heteroatoms. The van der Waals surface area contributed by atoms with Crippen LogP contribution in [0.2, 0.25) is 5.02 Å². The molecule has 1 aliphatic rings. The molecule has 2 N–H and O–H groups in total. The summed E-state index contributed by atoms with van der Waals surface area (Å²) in [4.78, 5) is 23.5. The molecule has 2 aromatic carbocycles. The van der Waals surface area contributed by atoms with E-state index in [9.17, 15) is 23.3 Å². The molecule has 0 aliphatic carbocycles. The Labute approximate surface area is 211 Å². The Morgan fingerprint density at radius 3 is 2.51 bits per heavy atom. The summed E-state index contributed by atoms with van der Waals surface area (Å²) in [5.41, 5.74) is 1.12. The van der Waals surface area contributed by atoms with Crippen molar-refractivity contribution < 1.29 is 18.1 Å². The van der Waals surface area contributed by atoms with E-state index >= 15 is 0 Å². The number of sulfonamides is 1. The SMILES string of the molecule is O=C(NCc1ccc(S(=O)(=O)N2CCC(Nc3cccc([N+](=O)[O-])c3)CC2)s1)c1ccc(Cl)cc1. The number of non-ortho nitro benzene ring substituents is 1. The summed E-state index contributed by atoms with van der Waals surface area (Å²) < 4.78 is 27.9. The molecule has 0 unspecified atom stereocenters. The lowest BCUT2D eigenvalue weighted by molar-refractivity contribution is -0.384. The fourth-order valence-corrected chi connectivity index (χ4v) is 6.82. The monoisotopic (exact) mass is 534 g/mol. The van der Waals surface area contributed by atoms with Crippen molar-refractivity contribution in [2.45, 2.75) is 29.6 Å². The third-order valence-electron chi connectivity index (χ3n) is 5.64. The maximum atomic E-state index is 13.1. The molecule has 1 saturated heterocycles. The van der Waals surface area contributed by atoms with E-state index in [0.717, 1.165) is 16.2 Å². The maximum absolute atomic E-state index is 13.1. The number of nitrogens with one attached hydrogen (secondary N) is 2. The van der Waals surface area contributed by atoms with E-state index in [2.05, 4.69) is 10.6 Å². The van der Waals surface area contributed by atoms with Crippen molar-refractivity contribution in [1.82, 2.24) is 9.62 Å². The molecule has 9 nitrogen and oxygen atoms in total. The number of thiophene rings is 1. The fraction of sp³-hybridized carbons (Fsp3) is 0.261. The second kappa shape index (κ2) is 10.7. The smallest absolute Gasteiger partial charge is 0.271 e. The van der Waals surface area contributed by atoms with Crippen LogP contribution in [-0.2, 0) is 16.6 Å². The van der Waals surface area contributed by atoms with E-state index in [0.29, 0.717) is 42.2 Å². The number of piperidine rings is 1. The number of carbonyl (C=O) groups is 1. The van der Waals surface area contributed by atoms with Gasteiger partial charge in [-0.15, -0.1) is 11.3 Å². The van der Waals surface area contributed by atoms with Crippen molar-refractivity contribution in [2.75, 3.05) is 18.4 Å². The molecule has 1 aliphatic heterocycles. The van der Waals surface area contributed by atoms with Gasteiger partial charge < -0.3 is 10.6 Å². The normalized spacial score (nSPS) is 15.0. The predicted octanol–water partition coefficient (Wildman–Crippen LogP) is 4.50. The van der Waals surface area contributed by atoms with Crippen LogP contribution in [0.1, 0.15) is 28.1 Å². The van der Waals surface area contributed by atoms with Crippen molar-refractivity contribution in [3.05, 3.63) is 86.2 Å². The Morgan fingerprint density at radius 2 is 1.83 bits per heavy atom. The van der Waals surface area contributed by atoms with E-state index in [1.807, 2.05) is 0 Å². The van der Waals surface area contributed by atoms with Gasteiger partial charge in [0.1, 0.15) is 4.21 Å². The lowest BCUT2D eigenvalue weighted by Crippen LogP contribution is -2.42. The minimum absolute atomic E-state index is 0.00729. The summed E-state index contributed by atoms with van der Waals surface area (Å²) >= 11 is 6.98. The van der Waals surface area contributed by atoms with E-state index in [4.69, 9.17) is 11.6 Å². The summed E-state index contributed by atoms with van der Waals surface area (Å²) in [6.07, 6.45) is 1.16. The number of halogens is 1. The number of hydrogen-bond acceptors (Lipinski definition) is 7. The Kier molecular flexibility index (Phi) is 7.70. The van der Waals surface area contributed by atoms with Crippen LogP contribution < -0.4 is 10.6 Å². The van der Waals surface area contributed by atoms with Gasteiger partial charge in [-0.3, -0.25) is 14.9 Å². The number of nitro benzene ring substituents is 1. The van der Waals surface area contributed by atoms with Gasteiger partial charge in [-0.2, -0.15) is 4.31 Å². The number of amides is 1. The third kappa shape index (κ3) is 6.17. The van der Waals surface area contributed by atoms with E-state index < -0.39 is 14.9 Å². The lowest BCUT2D eigenvalue weighted by Gasteiger charge is -2.31. The number of anilines is 1. The molecular formula is C23H23ClN4O5S2. The number of carbonyl (C=O) groups excluding carboxylic acids is 1. The Hall–Kier alpha value is -2.99. The van der Waals surface area contributed by atoms with Crippen LogP contribution in [0.5, 0.6) is 0 Å². The van der Waals surface area contributed by atoms with Gasteiger partial charge in [-0.05, 0) is 55.3 Å². The molecule has 2 heterocycles. The van der Waals surface area contributed by atoms with Gasteiger partial charge >= 0.3 is 0 Å². The molecule has 1 fully saturated rings. The zero-order chi connectivity index (χ0) is 25.0. The lowest BCUT2D eigenvalue weighted by atomic mass is 10.1. The quantitative estimate of drug-likeness (QED) is 0.324. The predicted molar refractivity (Wildman–Crippen MR) is 135 cm³/mol. The first-order valence-electron chi connectivity index (χ1n) is 10.9. The molecule has 35 heavy (non-hydrogen) atoms. The van der Waals surface area contributed by atoms with Crippen LogP contribution in [0.3, 0.4) is 0 Å². The molecule has 184 valence electrons. The second-order valence-electron chi connectivity index (χ2n) is 8.04. The largest absolute Gasteiger partial charge is 0.382 e. The summed E-state index contributed by atoms with van der Waals surface area (Å²) in [7, 11) is -3.64. The first-order valence-corrected chi connectivity index (χ1v) is 13.5. The summed E-state index contributed by atoms with van der Waals surface area (Å²) in [5, 5.41) is 17.6. The van der Waals surface area contributed by atoms with Crippen molar-refractivity contribution in [3.8, 4) is 0 Å². The average Bonchev–Trinajstić information content (AvgIpc) is 3.34. The third-order valence-corrected chi connectivity index (χ3v) is 9.35. The molecule has 1 aromatic heterocycles. The highest BCUT2D eigenvalue weighted by atomic mass is 35.5. The molecule has 0 radical (unpaired) electrons. The fourth-order valence-electron chi connectivity index (χ4n) is 3.78. The molecule has 0 saturated carbocycles. The van der Waals surface area contributed by atoms with Crippen LogP contribution in [0.4, 0.5) is 11.4 Å². The standard InChI is InChI=1S/C23H23ClN4O5S2/c24-17-6-4-16(5-7-17)23(29)25-15-21-8-9-22(34-21)35(32,33)27-12-10-18(11-13-27)26-19-2-1-3-20(14-19)28(30)31/h1-9,14,18,26H,10-13,15H2,(H,25,29). The topological polar surface area (TPSA) is 122 Å². The van der Waals surface area contributed by atoms with Gasteiger partial charge in [0, 0.05) is 52.4 Å². The number of nitro groups is 1. The van der Waals surface area contributed by atoms with Gasteiger partial charge in [0.2, 0.25) is 0 Å². The van der Waals surface area contributed by atoms with Gasteiger partial charge in [0.05, 0.1) is 11.5 Å². The molecule has 0 spiro atoms. The van der Waals surface area contributed by atoms with Crippen molar-refractivity contribution in [2.24, 2.45) is 0 Å². The van der Waals surface area contributed by atoms with Crippen LogP contribution in [0.25, 0.3) is 0 Å². The number of nitrogens with zero attached hydrogens (tertiary/aromatic N) is 2. The first-order chi connectivity index (χ1) is 16.7. The number of benzene rings is 2. The summed E-state index contributed by atoms with van der Waals surface area (Å²) in [6, 6.07) is 16.1. The van der Waals surface area contributed by atoms with Crippen LogP contribution in [0.15, 0.2) is 64.9 Å². The van der Waals surface area contributed by atoms with Crippen LogP contribution in [-0.4, -0.2) is 42.7 Å². The van der Waals surface area contributed by atoms with Crippen molar-refractivity contribution in [3.63, 3.8) is 0 Å². The number of hydrogen-bond donors (Lipinski definition) is 2. The zero-order valence-electron chi connectivity index (χ0n) is 18.5. The maximum Gasteiger partial charge on any atom is 0.271 e. The van der Waals surface area contributed by atoms with Gasteiger partial charge in [0.25, 0.3) is 21.6 Å². The van der Waals surface area contributed by atoms with Crippen LogP contribution in [0, 0.1) is 10.1 Å². The van der Waals surface area contributed by atoms with Gasteiger partial charge in [-0.25, -0.2) is 8.42 Å². The minimum atomic E-state index is -3.64. The highest BCUT2D eigenvalue weighted by Gasteiger charge is 2.30. The average molecular weight is 535 g/mol. The highest BCUT2D eigenvalue weighted by Crippen LogP contribution is 2.28. The molecule has 4 rings (SSSR count). The summed E-state index contributed by atoms with van der Waals surface area (Å²) in [5.74, 6) is -0.266. The zero-order valence-corrected chi connectivity index (χ0v) is 20.9. The van der Waals surface area contributed by atoms with Gasteiger partial charge in [-0.1, -0.05) is 17.7 Å². The molecule has 0 bridgehead atoms. The van der Waals surface area contributed by atoms with E-state index in [1.54, 1.807) is 48.5 Å². The van der Waals surface area contributed by atoms with Gasteiger partial charge in [0.15, 0.2) is 0 Å². The Balaban J connectivity index is 1.31. The summed E-state index contributed by atoms with van der Waals surface area (Å²) in [6.45, 7) is 0.905. The second-order valence-corrected chi connectivity index (χ2v) is 11.8. The first kappa shape index (κ1) is 25.1. The van der Waals surface area contributed by atoms with Crippen molar-refractivity contribution >= 4 is 50.2 Å². The van der Waals surface area contributed by atoms with E-state index in [-0.39, 0.29) is 28.4 Å². The highest BCUT2D eigenvalue weighted by molar-refractivity contribution is 7.91. The van der Waals surface area contributed by atoms with Crippen LogP contribution >= 0.6 is 22.9 Å².